The molecule has 0 spiro atoms. The van der Waals surface area contributed by atoms with E-state index in [-0.39, 0.29) is 0 Å². The van der Waals surface area contributed by atoms with Crippen molar-refractivity contribution in [2.75, 3.05) is 19.4 Å². The van der Waals surface area contributed by atoms with Gasteiger partial charge in [0.1, 0.15) is 12.4 Å². The monoisotopic (exact) mass is 223 g/mol. The van der Waals surface area contributed by atoms with Gasteiger partial charge in [-0.25, -0.2) is 0 Å². The third-order valence-corrected chi connectivity index (χ3v) is 3.45. The molecule has 2 rings (SSSR count). The molecule has 1 aromatic carbocycles. The van der Waals surface area contributed by atoms with E-state index >= 15 is 0 Å². The smallest absolute Gasteiger partial charge is 0.132 e. The van der Waals surface area contributed by atoms with E-state index in [0.29, 0.717) is 6.04 Å². The molecule has 1 atom stereocenters. The van der Waals surface area contributed by atoms with Crippen LogP contribution in [0.4, 0.5) is 0 Å². The first kappa shape index (κ1) is 10.8. The molecule has 1 unspecified atom stereocenters. The predicted molar refractivity (Wildman–Crippen MR) is 64.7 cm³/mol. The van der Waals surface area contributed by atoms with Crippen LogP contribution in [0, 0.1) is 0 Å². The Balaban J connectivity index is 1.91. The maximum absolute atomic E-state index is 5.83. The number of para-hydroxylation sites is 1. The van der Waals surface area contributed by atoms with Crippen LogP contribution in [0.25, 0.3) is 0 Å². The molecule has 1 N–H and O–H groups in total. The molecule has 15 heavy (non-hydrogen) atoms. The van der Waals surface area contributed by atoms with E-state index in [1.807, 2.05) is 18.2 Å². The van der Waals surface area contributed by atoms with Gasteiger partial charge in [0.05, 0.1) is 0 Å². The van der Waals surface area contributed by atoms with Gasteiger partial charge in [0.15, 0.2) is 0 Å². The van der Waals surface area contributed by atoms with Crippen LogP contribution in [-0.4, -0.2) is 25.4 Å². The second-order valence-electron chi connectivity index (χ2n) is 3.76. The molecule has 2 nitrogen and oxygen atoms in total. The summed E-state index contributed by atoms with van der Waals surface area (Å²) in [5.74, 6) is 1.01. The largest absolute Gasteiger partial charge is 0.491 e. The second-order valence-corrected chi connectivity index (χ2v) is 4.60. The zero-order valence-electron chi connectivity index (χ0n) is 9.03. The van der Waals surface area contributed by atoms with E-state index in [9.17, 15) is 0 Å². The highest BCUT2D eigenvalue weighted by atomic mass is 32.2. The summed E-state index contributed by atoms with van der Waals surface area (Å²) in [6, 6.07) is 8.76. The third-order valence-electron chi connectivity index (χ3n) is 2.67. The Hall–Kier alpha value is -0.670. The Morgan fingerprint density at radius 3 is 3.07 bits per heavy atom. The summed E-state index contributed by atoms with van der Waals surface area (Å²) in [4.78, 5) is 1.22. The van der Waals surface area contributed by atoms with Crippen molar-refractivity contribution >= 4 is 11.8 Å². The van der Waals surface area contributed by atoms with Crippen molar-refractivity contribution in [3.63, 3.8) is 0 Å². The fraction of sp³-hybridized carbons (Fsp3) is 0.500. The summed E-state index contributed by atoms with van der Waals surface area (Å²) < 4.78 is 5.83. The fourth-order valence-electron chi connectivity index (χ4n) is 1.83. The molecule has 1 aromatic rings. The van der Waals surface area contributed by atoms with Gasteiger partial charge in [-0.3, -0.25) is 0 Å². The normalized spacial score (nSPS) is 20.5. The number of nitrogens with one attached hydrogen (secondary N) is 1. The first-order chi connectivity index (χ1) is 7.40. The van der Waals surface area contributed by atoms with Crippen LogP contribution in [0.3, 0.4) is 0 Å². The third kappa shape index (κ3) is 2.89. The van der Waals surface area contributed by atoms with Crippen molar-refractivity contribution in [3.8, 4) is 5.75 Å². The van der Waals surface area contributed by atoms with E-state index in [4.69, 9.17) is 4.74 Å². The van der Waals surface area contributed by atoms with Gasteiger partial charge in [0.2, 0.25) is 0 Å². The summed E-state index contributed by atoms with van der Waals surface area (Å²) in [7, 11) is 0. The summed E-state index contributed by atoms with van der Waals surface area (Å²) >= 11 is 1.73. The molecule has 1 fully saturated rings. The summed E-state index contributed by atoms with van der Waals surface area (Å²) in [5.41, 5.74) is 0. The minimum atomic E-state index is 0.542. The van der Waals surface area contributed by atoms with E-state index in [1.165, 1.54) is 17.7 Å². The van der Waals surface area contributed by atoms with Gasteiger partial charge in [-0.2, -0.15) is 0 Å². The van der Waals surface area contributed by atoms with Crippen molar-refractivity contribution in [3.05, 3.63) is 24.3 Å². The molecule has 0 aromatic heterocycles. The van der Waals surface area contributed by atoms with Gasteiger partial charge >= 0.3 is 0 Å². The molecule has 1 aliphatic heterocycles. The lowest BCUT2D eigenvalue weighted by atomic mass is 10.2. The number of thioether (sulfide) groups is 1. The van der Waals surface area contributed by atoms with Gasteiger partial charge in [0, 0.05) is 10.9 Å². The summed E-state index contributed by atoms with van der Waals surface area (Å²) in [5, 5.41) is 3.43. The van der Waals surface area contributed by atoms with Crippen molar-refractivity contribution in [2.45, 2.75) is 23.8 Å². The molecule has 0 saturated carbocycles. The molecular formula is C12H17NOS. The minimum absolute atomic E-state index is 0.542. The Kier molecular flexibility index (Phi) is 3.92. The number of ether oxygens (including phenoxy) is 1. The molecule has 1 aliphatic rings. The van der Waals surface area contributed by atoms with Gasteiger partial charge in [-0.1, -0.05) is 12.1 Å². The zero-order chi connectivity index (χ0) is 10.5. The quantitative estimate of drug-likeness (QED) is 0.793. The predicted octanol–water partition coefficient (Wildman–Crippen LogP) is 2.54. The molecular weight excluding hydrogens is 206 g/mol. The molecule has 0 radical (unpaired) electrons. The van der Waals surface area contributed by atoms with E-state index in [0.717, 1.165) is 18.9 Å². The summed E-state index contributed by atoms with van der Waals surface area (Å²) in [6.07, 6.45) is 4.59. The molecule has 0 bridgehead atoms. The minimum Gasteiger partial charge on any atom is -0.491 e. The lowest BCUT2D eigenvalue weighted by molar-refractivity contribution is 0.271. The van der Waals surface area contributed by atoms with Gasteiger partial charge < -0.3 is 10.1 Å². The average Bonchev–Trinajstić information content (AvgIpc) is 2.79. The van der Waals surface area contributed by atoms with E-state index in [2.05, 4.69) is 17.6 Å². The number of hydrogen-bond acceptors (Lipinski definition) is 3. The summed E-state index contributed by atoms with van der Waals surface area (Å²) in [6.45, 7) is 1.93. The molecule has 0 amide bonds. The van der Waals surface area contributed by atoms with Crippen LogP contribution >= 0.6 is 11.8 Å². The van der Waals surface area contributed by atoms with Crippen LogP contribution in [0.5, 0.6) is 5.75 Å². The number of rotatable bonds is 4. The Labute approximate surface area is 95.4 Å². The van der Waals surface area contributed by atoms with Crippen molar-refractivity contribution in [2.24, 2.45) is 0 Å². The topological polar surface area (TPSA) is 21.3 Å². The Morgan fingerprint density at radius 1 is 1.47 bits per heavy atom. The number of hydrogen-bond donors (Lipinski definition) is 1. The highest BCUT2D eigenvalue weighted by Gasteiger charge is 2.14. The van der Waals surface area contributed by atoms with Crippen molar-refractivity contribution in [1.82, 2.24) is 5.32 Å². The van der Waals surface area contributed by atoms with Crippen LogP contribution in [0.2, 0.25) is 0 Å². The first-order valence-electron chi connectivity index (χ1n) is 5.39. The highest BCUT2D eigenvalue weighted by Crippen LogP contribution is 2.27. The molecule has 82 valence electrons. The van der Waals surface area contributed by atoms with Crippen LogP contribution in [-0.2, 0) is 0 Å². The number of benzene rings is 1. The Morgan fingerprint density at radius 2 is 2.33 bits per heavy atom. The maximum atomic E-state index is 5.83. The van der Waals surface area contributed by atoms with Gasteiger partial charge in [-0.05, 0) is 37.8 Å². The van der Waals surface area contributed by atoms with Gasteiger partial charge in [0.25, 0.3) is 0 Å². The molecule has 0 aliphatic carbocycles. The van der Waals surface area contributed by atoms with Gasteiger partial charge in [-0.15, -0.1) is 11.8 Å². The maximum Gasteiger partial charge on any atom is 0.132 e. The van der Waals surface area contributed by atoms with E-state index in [1.54, 1.807) is 11.8 Å². The van der Waals surface area contributed by atoms with Crippen molar-refractivity contribution < 1.29 is 4.74 Å². The lowest BCUT2D eigenvalue weighted by Gasteiger charge is -2.13. The fourth-order valence-corrected chi connectivity index (χ4v) is 2.37. The van der Waals surface area contributed by atoms with Crippen LogP contribution < -0.4 is 10.1 Å². The first-order valence-corrected chi connectivity index (χ1v) is 6.62. The molecule has 1 saturated heterocycles. The SMILES string of the molecule is CSc1ccccc1OCC1CCCN1. The Bertz CT molecular complexity index is 310. The van der Waals surface area contributed by atoms with E-state index < -0.39 is 0 Å². The highest BCUT2D eigenvalue weighted by molar-refractivity contribution is 7.98. The standard InChI is InChI=1S/C12H17NOS/c1-15-12-7-3-2-6-11(12)14-9-10-5-4-8-13-10/h2-3,6-7,10,13H,4-5,8-9H2,1H3. The molecule has 3 heteroatoms. The van der Waals surface area contributed by atoms with Crippen LogP contribution in [0.1, 0.15) is 12.8 Å². The molecule has 1 heterocycles. The van der Waals surface area contributed by atoms with Crippen molar-refractivity contribution in [1.29, 1.82) is 0 Å². The zero-order valence-corrected chi connectivity index (χ0v) is 9.85. The lowest BCUT2D eigenvalue weighted by Crippen LogP contribution is -2.28. The average molecular weight is 223 g/mol. The second kappa shape index (κ2) is 5.42. The van der Waals surface area contributed by atoms with Crippen LogP contribution in [0.15, 0.2) is 29.2 Å².